The number of nitrogens with one attached hydrogen (secondary N) is 1. The Labute approximate surface area is 182 Å². The van der Waals surface area contributed by atoms with E-state index in [2.05, 4.69) is 32.3 Å². The molecule has 3 heterocycles. The van der Waals surface area contributed by atoms with Gasteiger partial charge in [0.1, 0.15) is 5.82 Å². The second-order valence-electron chi connectivity index (χ2n) is 8.24. The normalized spacial score (nSPS) is 15.6. The van der Waals surface area contributed by atoms with Crippen LogP contribution in [0.2, 0.25) is 0 Å². The average Bonchev–Trinajstić information content (AvgIpc) is 3.29. The van der Waals surface area contributed by atoms with E-state index < -0.39 is 0 Å². The van der Waals surface area contributed by atoms with Gasteiger partial charge in [0.05, 0.1) is 5.56 Å². The van der Waals surface area contributed by atoms with Crippen LogP contribution in [0.3, 0.4) is 0 Å². The zero-order valence-electron chi connectivity index (χ0n) is 18.3. The Morgan fingerprint density at radius 2 is 1.97 bits per heavy atom. The summed E-state index contributed by atoms with van der Waals surface area (Å²) in [5.41, 5.74) is 2.92. The van der Waals surface area contributed by atoms with Crippen molar-refractivity contribution in [1.29, 1.82) is 0 Å². The number of piperidine rings is 1. The predicted molar refractivity (Wildman–Crippen MR) is 121 cm³/mol. The summed E-state index contributed by atoms with van der Waals surface area (Å²) in [7, 11) is 0. The molecule has 3 aromatic rings. The molecule has 0 radical (unpaired) electrons. The van der Waals surface area contributed by atoms with Gasteiger partial charge >= 0.3 is 0 Å². The number of aromatic nitrogens is 3. The first-order valence-electron chi connectivity index (χ1n) is 11.0. The minimum atomic E-state index is 0.0500. The van der Waals surface area contributed by atoms with Gasteiger partial charge < -0.3 is 14.7 Å². The summed E-state index contributed by atoms with van der Waals surface area (Å²) in [5.74, 6) is 2.05. The van der Waals surface area contributed by atoms with E-state index in [1.807, 2.05) is 50.2 Å². The Kier molecular flexibility index (Phi) is 6.30. The molecule has 2 aromatic heterocycles. The van der Waals surface area contributed by atoms with E-state index in [1.54, 1.807) is 6.20 Å². The van der Waals surface area contributed by atoms with Crippen LogP contribution in [0.25, 0.3) is 22.8 Å². The molecule has 1 N–H and O–H groups in total. The maximum atomic E-state index is 12.5. The Hall–Kier alpha value is -3.22. The van der Waals surface area contributed by atoms with Crippen LogP contribution in [0.5, 0.6) is 0 Å². The second kappa shape index (κ2) is 9.29. The van der Waals surface area contributed by atoms with Crippen LogP contribution in [0.4, 0.5) is 5.82 Å². The van der Waals surface area contributed by atoms with Crippen molar-refractivity contribution in [1.82, 2.24) is 20.4 Å². The third-order valence-corrected chi connectivity index (χ3v) is 5.92. The third-order valence-electron chi connectivity index (χ3n) is 5.92. The summed E-state index contributed by atoms with van der Waals surface area (Å²) in [6.45, 7) is 7.70. The fourth-order valence-electron chi connectivity index (χ4n) is 3.78. The lowest BCUT2D eigenvalue weighted by molar-refractivity contribution is -0.126. The summed E-state index contributed by atoms with van der Waals surface area (Å²) in [5, 5.41) is 7.27. The van der Waals surface area contributed by atoms with Crippen molar-refractivity contribution >= 4 is 11.7 Å². The van der Waals surface area contributed by atoms with Crippen LogP contribution in [-0.4, -0.2) is 40.2 Å². The van der Waals surface area contributed by atoms with Crippen LogP contribution < -0.4 is 10.2 Å². The van der Waals surface area contributed by atoms with Crippen molar-refractivity contribution in [3.05, 3.63) is 48.2 Å². The fourth-order valence-corrected chi connectivity index (χ4v) is 3.78. The zero-order chi connectivity index (χ0) is 21.8. The lowest BCUT2D eigenvalue weighted by atomic mass is 9.95. The number of benzene rings is 1. The fraction of sp³-hybridized carbons (Fsp3) is 0.417. The van der Waals surface area contributed by atoms with E-state index in [0.717, 1.165) is 49.3 Å². The van der Waals surface area contributed by atoms with Crippen LogP contribution in [0.15, 0.2) is 47.1 Å². The van der Waals surface area contributed by atoms with Crippen molar-refractivity contribution < 1.29 is 9.32 Å². The molecule has 0 spiro atoms. The Balaban J connectivity index is 1.49. The standard InChI is InChI=1S/C24H29N5O2/c1-4-17(3)26-23(30)19-11-14-29(15-12-19)22-20(6-5-13-25-22)24-27-21(28-31-24)18-9-7-16(2)8-10-18/h5-10,13,17,19H,4,11-12,14-15H2,1-3H3,(H,26,30)/t17-/m1/s1. The number of pyridine rings is 1. The van der Waals surface area contributed by atoms with Gasteiger partial charge in [-0.3, -0.25) is 4.79 Å². The summed E-state index contributed by atoms with van der Waals surface area (Å²) in [4.78, 5) is 23.9. The van der Waals surface area contributed by atoms with Crippen molar-refractivity contribution in [2.24, 2.45) is 5.92 Å². The predicted octanol–water partition coefficient (Wildman–Crippen LogP) is 4.24. The number of hydrogen-bond acceptors (Lipinski definition) is 6. The molecule has 1 aromatic carbocycles. The molecule has 0 unspecified atom stereocenters. The van der Waals surface area contributed by atoms with Gasteiger partial charge in [0.25, 0.3) is 5.89 Å². The molecule has 0 aliphatic carbocycles. The van der Waals surface area contributed by atoms with Crippen molar-refractivity contribution in [2.75, 3.05) is 18.0 Å². The first-order chi connectivity index (χ1) is 15.0. The van der Waals surface area contributed by atoms with Crippen molar-refractivity contribution in [2.45, 2.75) is 46.1 Å². The smallest absolute Gasteiger partial charge is 0.261 e. The molecule has 4 rings (SSSR count). The Morgan fingerprint density at radius 1 is 1.23 bits per heavy atom. The highest BCUT2D eigenvalue weighted by atomic mass is 16.5. The lowest BCUT2D eigenvalue weighted by Crippen LogP contribution is -2.43. The largest absolute Gasteiger partial charge is 0.356 e. The molecule has 1 aliphatic rings. The molecule has 1 aliphatic heterocycles. The molecule has 0 bridgehead atoms. The molecule has 1 atom stereocenters. The maximum absolute atomic E-state index is 12.5. The van der Waals surface area contributed by atoms with Crippen molar-refractivity contribution in [3.63, 3.8) is 0 Å². The molecule has 7 nitrogen and oxygen atoms in total. The van der Waals surface area contributed by atoms with Gasteiger partial charge in [0.2, 0.25) is 11.7 Å². The number of amides is 1. The van der Waals surface area contributed by atoms with E-state index in [0.29, 0.717) is 11.7 Å². The highest BCUT2D eigenvalue weighted by Crippen LogP contribution is 2.32. The van der Waals surface area contributed by atoms with Gasteiger partial charge in [-0.1, -0.05) is 41.9 Å². The SMILES string of the molecule is CC[C@@H](C)NC(=O)C1CCN(c2ncccc2-c2nc(-c3ccc(C)cc3)no2)CC1. The molecular weight excluding hydrogens is 390 g/mol. The number of carbonyl (C=O) groups excluding carboxylic acids is 1. The van der Waals surface area contributed by atoms with Gasteiger partial charge in [-0.05, 0) is 45.2 Å². The molecular formula is C24H29N5O2. The zero-order valence-corrected chi connectivity index (χ0v) is 18.3. The summed E-state index contributed by atoms with van der Waals surface area (Å²) < 4.78 is 5.59. The van der Waals surface area contributed by atoms with Gasteiger partial charge in [-0.15, -0.1) is 0 Å². The van der Waals surface area contributed by atoms with E-state index in [9.17, 15) is 4.79 Å². The topological polar surface area (TPSA) is 84.2 Å². The van der Waals surface area contributed by atoms with Gasteiger partial charge in [0, 0.05) is 36.8 Å². The molecule has 1 saturated heterocycles. The average molecular weight is 420 g/mol. The number of hydrogen-bond donors (Lipinski definition) is 1. The number of aryl methyl sites for hydroxylation is 1. The quantitative estimate of drug-likeness (QED) is 0.643. The Morgan fingerprint density at radius 3 is 2.68 bits per heavy atom. The minimum absolute atomic E-state index is 0.0500. The van der Waals surface area contributed by atoms with E-state index >= 15 is 0 Å². The first-order valence-corrected chi connectivity index (χ1v) is 11.0. The highest BCUT2D eigenvalue weighted by molar-refractivity contribution is 5.79. The molecule has 1 fully saturated rings. The molecule has 1 amide bonds. The van der Waals surface area contributed by atoms with Crippen LogP contribution in [0.1, 0.15) is 38.7 Å². The maximum Gasteiger partial charge on any atom is 0.261 e. The van der Waals surface area contributed by atoms with Gasteiger partial charge in [-0.2, -0.15) is 4.98 Å². The molecule has 162 valence electrons. The molecule has 31 heavy (non-hydrogen) atoms. The monoisotopic (exact) mass is 419 g/mol. The number of nitrogens with zero attached hydrogens (tertiary/aromatic N) is 4. The van der Waals surface area contributed by atoms with Crippen LogP contribution >= 0.6 is 0 Å². The summed E-state index contributed by atoms with van der Waals surface area (Å²) in [6, 6.07) is 12.1. The lowest BCUT2D eigenvalue weighted by Gasteiger charge is -2.33. The number of anilines is 1. The van der Waals surface area contributed by atoms with E-state index in [-0.39, 0.29) is 17.9 Å². The second-order valence-corrected chi connectivity index (χ2v) is 8.24. The molecule has 0 saturated carbocycles. The summed E-state index contributed by atoms with van der Waals surface area (Å²) in [6.07, 6.45) is 4.32. The molecule has 7 heteroatoms. The number of rotatable bonds is 6. The van der Waals surface area contributed by atoms with Gasteiger partial charge in [0.15, 0.2) is 0 Å². The van der Waals surface area contributed by atoms with E-state index in [1.165, 1.54) is 5.56 Å². The minimum Gasteiger partial charge on any atom is -0.356 e. The van der Waals surface area contributed by atoms with Crippen LogP contribution in [-0.2, 0) is 4.79 Å². The van der Waals surface area contributed by atoms with E-state index in [4.69, 9.17) is 4.52 Å². The number of carbonyl (C=O) groups is 1. The van der Waals surface area contributed by atoms with Crippen LogP contribution in [0, 0.1) is 12.8 Å². The highest BCUT2D eigenvalue weighted by Gasteiger charge is 2.28. The third kappa shape index (κ3) is 4.76. The summed E-state index contributed by atoms with van der Waals surface area (Å²) >= 11 is 0. The Bertz CT molecular complexity index is 1020. The van der Waals surface area contributed by atoms with Crippen molar-refractivity contribution in [3.8, 4) is 22.8 Å². The first kappa shape index (κ1) is 21.0. The van der Waals surface area contributed by atoms with Gasteiger partial charge in [-0.25, -0.2) is 4.98 Å².